The molecule has 8 nitrogen and oxygen atoms in total. The number of aromatic nitrogens is 1. The minimum absolute atomic E-state index is 0.107. The average Bonchev–Trinajstić information content (AvgIpc) is 2.65. The molecule has 20 heavy (non-hydrogen) atoms. The van der Waals surface area contributed by atoms with Gasteiger partial charge in [-0.15, -0.1) is 0 Å². The molecule has 0 amide bonds. The van der Waals surface area contributed by atoms with E-state index in [4.69, 9.17) is 15.3 Å². The molecule has 0 bridgehead atoms. The molecule has 1 heterocycles. The van der Waals surface area contributed by atoms with Crippen molar-refractivity contribution in [1.82, 2.24) is 9.29 Å². The normalized spacial score (nSPS) is 12.1. The van der Waals surface area contributed by atoms with Crippen molar-refractivity contribution in [2.75, 3.05) is 26.3 Å². The number of carboxylic acid groups (broad SMARTS) is 1. The van der Waals surface area contributed by atoms with Crippen molar-refractivity contribution < 1.29 is 28.5 Å². The van der Waals surface area contributed by atoms with Crippen LogP contribution in [0.5, 0.6) is 0 Å². The van der Waals surface area contributed by atoms with Crippen LogP contribution < -0.4 is 0 Å². The van der Waals surface area contributed by atoms with Gasteiger partial charge in [-0.3, -0.25) is 0 Å². The van der Waals surface area contributed by atoms with Gasteiger partial charge in [0, 0.05) is 24.3 Å². The second-order valence-corrected chi connectivity index (χ2v) is 6.11. The molecule has 114 valence electrons. The lowest BCUT2D eigenvalue weighted by molar-refractivity contribution is 0.0690. The smallest absolute Gasteiger partial charge is 0.352 e. The molecule has 0 aromatic carbocycles. The van der Waals surface area contributed by atoms with Crippen LogP contribution in [0, 0.1) is 13.8 Å². The quantitative estimate of drug-likeness (QED) is 0.527. The summed E-state index contributed by atoms with van der Waals surface area (Å²) in [6, 6.07) is 0. The van der Waals surface area contributed by atoms with E-state index < -0.39 is 29.2 Å². The number of carboxylic acids is 1. The Kier molecular flexibility index (Phi) is 5.28. The van der Waals surface area contributed by atoms with Crippen molar-refractivity contribution in [2.24, 2.45) is 0 Å². The summed E-state index contributed by atoms with van der Waals surface area (Å²) in [5.74, 6) is -1.25. The molecular weight excluding hydrogens is 288 g/mol. The van der Waals surface area contributed by atoms with E-state index in [1.807, 2.05) is 0 Å². The lowest BCUT2D eigenvalue weighted by Gasteiger charge is -2.20. The number of sulfonamides is 1. The van der Waals surface area contributed by atoms with Crippen molar-refractivity contribution in [3.8, 4) is 0 Å². The minimum atomic E-state index is -3.98. The molecular formula is C11H18N2O6S. The van der Waals surface area contributed by atoms with Gasteiger partial charge in [0.25, 0.3) is 0 Å². The molecule has 0 saturated carbocycles. The number of H-pyrrole nitrogens is 1. The fourth-order valence-corrected chi connectivity index (χ4v) is 3.87. The summed E-state index contributed by atoms with van der Waals surface area (Å²) in [5.41, 5.74) is 0.130. The molecule has 0 saturated heterocycles. The van der Waals surface area contributed by atoms with E-state index in [-0.39, 0.29) is 34.9 Å². The molecule has 1 aromatic rings. The number of aliphatic hydroxyl groups is 2. The molecule has 9 heteroatoms. The first-order chi connectivity index (χ1) is 9.27. The number of rotatable bonds is 7. The highest BCUT2D eigenvalue weighted by Crippen LogP contribution is 2.26. The predicted molar refractivity (Wildman–Crippen MR) is 70.2 cm³/mol. The third-order valence-electron chi connectivity index (χ3n) is 2.88. The number of aromatic carboxylic acids is 1. The molecule has 1 rings (SSSR count). The Morgan fingerprint density at radius 2 is 1.70 bits per heavy atom. The Bertz CT molecular complexity index is 586. The summed E-state index contributed by atoms with van der Waals surface area (Å²) in [6.45, 7) is 1.73. The van der Waals surface area contributed by atoms with E-state index in [1.165, 1.54) is 13.8 Å². The van der Waals surface area contributed by atoms with E-state index in [0.29, 0.717) is 0 Å². The second-order valence-electron chi connectivity index (χ2n) is 4.24. The van der Waals surface area contributed by atoms with Gasteiger partial charge in [-0.05, 0) is 13.8 Å². The van der Waals surface area contributed by atoms with Crippen molar-refractivity contribution in [1.29, 1.82) is 0 Å². The van der Waals surface area contributed by atoms with Crippen LogP contribution in [0.3, 0.4) is 0 Å². The van der Waals surface area contributed by atoms with Crippen LogP contribution >= 0.6 is 0 Å². The molecule has 0 spiro atoms. The number of nitrogens with zero attached hydrogens (tertiary/aromatic N) is 1. The predicted octanol–water partition coefficient (Wildman–Crippen LogP) is -0.695. The summed E-state index contributed by atoms with van der Waals surface area (Å²) < 4.78 is 25.9. The summed E-state index contributed by atoms with van der Waals surface area (Å²) in [5, 5.41) is 26.8. The van der Waals surface area contributed by atoms with Gasteiger partial charge in [0.15, 0.2) is 0 Å². The summed E-state index contributed by atoms with van der Waals surface area (Å²) >= 11 is 0. The fourth-order valence-electron chi connectivity index (χ4n) is 2.04. The number of aromatic amines is 1. The number of aryl methyl sites for hydroxylation is 1. The van der Waals surface area contributed by atoms with Gasteiger partial charge in [0.05, 0.1) is 13.2 Å². The molecule has 0 radical (unpaired) electrons. The molecule has 0 aliphatic rings. The Morgan fingerprint density at radius 1 is 1.20 bits per heavy atom. The van der Waals surface area contributed by atoms with E-state index in [0.717, 1.165) is 4.31 Å². The van der Waals surface area contributed by atoms with Crippen LogP contribution in [0.2, 0.25) is 0 Å². The standard InChI is InChI=1S/C11H18N2O6S/c1-7-9(11(16)17)12-8(2)10(7)20(18,19)13(3-5-14)4-6-15/h12,14-15H,3-6H2,1-2H3,(H,16,17). The Hall–Kier alpha value is -1.42. The van der Waals surface area contributed by atoms with Crippen molar-refractivity contribution in [3.05, 3.63) is 17.0 Å². The maximum Gasteiger partial charge on any atom is 0.352 e. The Labute approximate surface area is 116 Å². The van der Waals surface area contributed by atoms with Gasteiger partial charge in [-0.1, -0.05) is 0 Å². The SMILES string of the molecule is Cc1[nH]c(C(=O)O)c(C)c1S(=O)(=O)N(CCO)CCO. The zero-order chi connectivity index (χ0) is 15.5. The molecule has 0 fully saturated rings. The largest absolute Gasteiger partial charge is 0.477 e. The highest BCUT2D eigenvalue weighted by Gasteiger charge is 2.31. The minimum Gasteiger partial charge on any atom is -0.477 e. The maximum absolute atomic E-state index is 12.5. The molecule has 0 aliphatic heterocycles. The van der Waals surface area contributed by atoms with Gasteiger partial charge < -0.3 is 20.3 Å². The van der Waals surface area contributed by atoms with Crippen LogP contribution in [-0.4, -0.2) is 65.3 Å². The zero-order valence-corrected chi connectivity index (χ0v) is 12.1. The summed E-state index contributed by atoms with van der Waals surface area (Å²) in [6.07, 6.45) is 0. The topological polar surface area (TPSA) is 131 Å². The molecule has 1 aromatic heterocycles. The van der Waals surface area contributed by atoms with Gasteiger partial charge in [0.2, 0.25) is 10.0 Å². The lowest BCUT2D eigenvalue weighted by atomic mass is 10.2. The Balaban J connectivity index is 3.37. The van der Waals surface area contributed by atoms with Crippen molar-refractivity contribution in [2.45, 2.75) is 18.7 Å². The number of carbonyl (C=O) groups is 1. The van der Waals surface area contributed by atoms with Gasteiger partial charge in [-0.2, -0.15) is 4.31 Å². The van der Waals surface area contributed by atoms with E-state index in [2.05, 4.69) is 4.98 Å². The molecule has 0 atom stereocenters. The first-order valence-electron chi connectivity index (χ1n) is 5.91. The first-order valence-corrected chi connectivity index (χ1v) is 7.35. The van der Waals surface area contributed by atoms with Crippen LogP contribution in [0.4, 0.5) is 0 Å². The van der Waals surface area contributed by atoms with E-state index in [9.17, 15) is 13.2 Å². The zero-order valence-electron chi connectivity index (χ0n) is 11.3. The van der Waals surface area contributed by atoms with Gasteiger partial charge in [0.1, 0.15) is 10.6 Å². The van der Waals surface area contributed by atoms with Crippen LogP contribution in [-0.2, 0) is 10.0 Å². The third kappa shape index (κ3) is 3.01. The Morgan fingerprint density at radius 3 is 2.05 bits per heavy atom. The average molecular weight is 306 g/mol. The lowest BCUT2D eigenvalue weighted by Crippen LogP contribution is -2.36. The van der Waals surface area contributed by atoms with E-state index >= 15 is 0 Å². The number of hydrogen-bond acceptors (Lipinski definition) is 5. The van der Waals surface area contributed by atoms with Crippen molar-refractivity contribution >= 4 is 16.0 Å². The van der Waals surface area contributed by atoms with Crippen LogP contribution in [0.1, 0.15) is 21.7 Å². The van der Waals surface area contributed by atoms with Gasteiger partial charge in [-0.25, -0.2) is 13.2 Å². The monoisotopic (exact) mass is 306 g/mol. The van der Waals surface area contributed by atoms with Crippen LogP contribution in [0.25, 0.3) is 0 Å². The molecule has 0 unspecified atom stereocenters. The maximum atomic E-state index is 12.5. The highest BCUT2D eigenvalue weighted by atomic mass is 32.2. The highest BCUT2D eigenvalue weighted by molar-refractivity contribution is 7.89. The fraction of sp³-hybridized carbons (Fsp3) is 0.545. The third-order valence-corrected chi connectivity index (χ3v) is 5.05. The van der Waals surface area contributed by atoms with E-state index in [1.54, 1.807) is 0 Å². The summed E-state index contributed by atoms with van der Waals surface area (Å²) in [4.78, 5) is 13.4. The number of hydrogen-bond donors (Lipinski definition) is 4. The summed E-state index contributed by atoms with van der Waals surface area (Å²) in [7, 11) is -3.98. The van der Waals surface area contributed by atoms with Crippen LogP contribution in [0.15, 0.2) is 4.90 Å². The number of aliphatic hydroxyl groups excluding tert-OH is 2. The second kappa shape index (κ2) is 6.35. The van der Waals surface area contributed by atoms with Crippen molar-refractivity contribution in [3.63, 3.8) is 0 Å². The molecule has 4 N–H and O–H groups in total. The number of nitrogens with one attached hydrogen (secondary N) is 1. The molecule has 0 aliphatic carbocycles. The first kappa shape index (κ1) is 16.6. The van der Waals surface area contributed by atoms with Gasteiger partial charge >= 0.3 is 5.97 Å².